The summed E-state index contributed by atoms with van der Waals surface area (Å²) in [5, 5.41) is 10.9. The first-order valence-corrected chi connectivity index (χ1v) is 7.35. The van der Waals surface area contributed by atoms with E-state index in [2.05, 4.69) is 0 Å². The van der Waals surface area contributed by atoms with Gasteiger partial charge in [-0.1, -0.05) is 29.8 Å². The molecule has 0 heterocycles. The minimum Gasteiger partial charge on any atom is -0.497 e. The lowest BCUT2D eigenvalue weighted by Gasteiger charge is -2.13. The molecule has 5 heteroatoms. The van der Waals surface area contributed by atoms with Gasteiger partial charge >= 0.3 is 0 Å². The number of methoxy groups -OCH3 is 1. The highest BCUT2D eigenvalue weighted by molar-refractivity contribution is 5.96. The Morgan fingerprint density at radius 2 is 1.74 bits per heavy atom. The number of rotatable bonds is 7. The van der Waals surface area contributed by atoms with Crippen molar-refractivity contribution in [2.45, 2.75) is 19.3 Å². The number of ketones is 1. The molecule has 23 heavy (non-hydrogen) atoms. The van der Waals surface area contributed by atoms with Crippen molar-refractivity contribution in [1.82, 2.24) is 0 Å². The lowest BCUT2D eigenvalue weighted by Crippen LogP contribution is -2.16. The van der Waals surface area contributed by atoms with Crippen LogP contribution >= 0.6 is 0 Å². The molecule has 1 unspecified atom stereocenters. The molecule has 0 radical (unpaired) electrons. The molecule has 120 valence electrons. The van der Waals surface area contributed by atoms with Crippen molar-refractivity contribution in [3.63, 3.8) is 0 Å². The van der Waals surface area contributed by atoms with E-state index in [-0.39, 0.29) is 23.7 Å². The molecule has 0 amide bonds. The normalized spacial score (nSPS) is 11.7. The van der Waals surface area contributed by atoms with E-state index in [1.165, 1.54) is 0 Å². The zero-order valence-corrected chi connectivity index (χ0v) is 13.2. The molecule has 1 atom stereocenters. The summed E-state index contributed by atoms with van der Waals surface area (Å²) in [5.74, 6) is 0.127. The second-order valence-electron chi connectivity index (χ2n) is 5.48. The van der Waals surface area contributed by atoms with Gasteiger partial charge < -0.3 is 4.74 Å². The van der Waals surface area contributed by atoms with E-state index in [1.807, 2.05) is 31.2 Å². The average Bonchev–Trinajstić information content (AvgIpc) is 2.54. The molecule has 0 N–H and O–H groups in total. The van der Waals surface area contributed by atoms with Crippen molar-refractivity contribution in [1.29, 1.82) is 0 Å². The van der Waals surface area contributed by atoms with E-state index < -0.39 is 5.92 Å². The molecule has 2 rings (SSSR count). The van der Waals surface area contributed by atoms with Crippen molar-refractivity contribution in [3.8, 4) is 5.75 Å². The fraction of sp³-hybridized carbons (Fsp3) is 0.278. The molecule has 5 nitrogen and oxygen atoms in total. The van der Waals surface area contributed by atoms with Crippen LogP contribution in [0.1, 0.15) is 33.8 Å². The standard InChI is InChI=1S/C18H19NO4/c1-13-3-5-14(6-4-13)16(12-19(21)22)11-18(20)15-7-9-17(23-2)10-8-15/h3-10,16H,11-12H2,1-2H3. The number of hydrogen-bond donors (Lipinski definition) is 0. The van der Waals surface area contributed by atoms with Gasteiger partial charge in [0.2, 0.25) is 6.54 Å². The van der Waals surface area contributed by atoms with Crippen LogP contribution in [0.15, 0.2) is 48.5 Å². The second-order valence-corrected chi connectivity index (χ2v) is 5.48. The first-order valence-electron chi connectivity index (χ1n) is 7.35. The first-order chi connectivity index (χ1) is 11.0. The number of aryl methyl sites for hydroxylation is 1. The Morgan fingerprint density at radius 1 is 1.13 bits per heavy atom. The number of carbonyl (C=O) groups excluding carboxylic acids is 1. The molecule has 0 saturated carbocycles. The van der Waals surface area contributed by atoms with Gasteiger partial charge in [0, 0.05) is 16.9 Å². The van der Waals surface area contributed by atoms with Crippen LogP contribution in [0.2, 0.25) is 0 Å². The third-order valence-electron chi connectivity index (χ3n) is 3.76. The van der Waals surface area contributed by atoms with Crippen molar-refractivity contribution < 1.29 is 14.5 Å². The number of nitrogens with zero attached hydrogens (tertiary/aromatic N) is 1. The summed E-state index contributed by atoms with van der Waals surface area (Å²) in [6, 6.07) is 14.3. The summed E-state index contributed by atoms with van der Waals surface area (Å²) in [4.78, 5) is 23.0. The number of ether oxygens (including phenoxy) is 1. The van der Waals surface area contributed by atoms with Crippen LogP contribution in [-0.2, 0) is 0 Å². The van der Waals surface area contributed by atoms with Gasteiger partial charge in [-0.25, -0.2) is 0 Å². The van der Waals surface area contributed by atoms with Crippen LogP contribution in [0.5, 0.6) is 5.75 Å². The Hall–Kier alpha value is -2.69. The molecule has 0 aliphatic carbocycles. The number of benzene rings is 2. The Balaban J connectivity index is 2.17. The average molecular weight is 313 g/mol. The summed E-state index contributed by atoms with van der Waals surface area (Å²) in [7, 11) is 1.56. The molecule has 0 aliphatic heterocycles. The molecule has 2 aromatic carbocycles. The highest BCUT2D eigenvalue weighted by Crippen LogP contribution is 2.23. The van der Waals surface area contributed by atoms with Crippen LogP contribution < -0.4 is 4.74 Å². The number of Topliss-reactive ketones (excluding diaryl/α,β-unsaturated/α-hetero) is 1. The maximum Gasteiger partial charge on any atom is 0.211 e. The van der Waals surface area contributed by atoms with E-state index in [4.69, 9.17) is 4.74 Å². The van der Waals surface area contributed by atoms with Crippen LogP contribution in [0.4, 0.5) is 0 Å². The van der Waals surface area contributed by atoms with E-state index in [1.54, 1.807) is 31.4 Å². The van der Waals surface area contributed by atoms with Crippen molar-refractivity contribution >= 4 is 5.78 Å². The van der Waals surface area contributed by atoms with Crippen LogP contribution in [0, 0.1) is 17.0 Å². The number of carbonyl (C=O) groups is 1. The van der Waals surface area contributed by atoms with Gasteiger partial charge in [-0.2, -0.15) is 0 Å². The van der Waals surface area contributed by atoms with Gasteiger partial charge in [-0.3, -0.25) is 14.9 Å². The van der Waals surface area contributed by atoms with E-state index in [0.29, 0.717) is 11.3 Å². The number of nitro groups is 1. The van der Waals surface area contributed by atoms with Gasteiger partial charge in [0.25, 0.3) is 0 Å². The highest BCUT2D eigenvalue weighted by atomic mass is 16.6. The summed E-state index contributed by atoms with van der Waals surface area (Å²) in [6.45, 7) is 1.69. The molecule has 0 saturated heterocycles. The van der Waals surface area contributed by atoms with E-state index in [0.717, 1.165) is 11.1 Å². The Labute approximate surface area is 135 Å². The Morgan fingerprint density at radius 3 is 2.26 bits per heavy atom. The molecule has 0 aromatic heterocycles. The molecule has 0 spiro atoms. The fourth-order valence-corrected chi connectivity index (χ4v) is 2.42. The zero-order chi connectivity index (χ0) is 16.8. The molecule has 0 bridgehead atoms. The molecule has 2 aromatic rings. The molecule has 0 aliphatic rings. The first kappa shape index (κ1) is 16.7. The van der Waals surface area contributed by atoms with Crippen LogP contribution in [-0.4, -0.2) is 24.4 Å². The summed E-state index contributed by atoms with van der Waals surface area (Å²) in [6.07, 6.45) is 0.108. The van der Waals surface area contributed by atoms with E-state index in [9.17, 15) is 14.9 Å². The van der Waals surface area contributed by atoms with Crippen molar-refractivity contribution in [3.05, 3.63) is 75.3 Å². The van der Waals surface area contributed by atoms with Crippen LogP contribution in [0.25, 0.3) is 0 Å². The van der Waals surface area contributed by atoms with Gasteiger partial charge in [-0.15, -0.1) is 0 Å². The third-order valence-corrected chi connectivity index (χ3v) is 3.76. The lowest BCUT2D eigenvalue weighted by molar-refractivity contribution is -0.483. The van der Waals surface area contributed by atoms with Crippen molar-refractivity contribution in [2.75, 3.05) is 13.7 Å². The Bertz CT molecular complexity index is 677. The van der Waals surface area contributed by atoms with Crippen LogP contribution in [0.3, 0.4) is 0 Å². The second kappa shape index (κ2) is 7.54. The van der Waals surface area contributed by atoms with Gasteiger partial charge in [0.1, 0.15) is 5.75 Å². The quantitative estimate of drug-likeness (QED) is 0.444. The topological polar surface area (TPSA) is 69.4 Å². The largest absolute Gasteiger partial charge is 0.497 e. The number of hydrogen-bond acceptors (Lipinski definition) is 4. The minimum absolute atomic E-state index is 0.108. The van der Waals surface area contributed by atoms with E-state index >= 15 is 0 Å². The predicted octanol–water partition coefficient (Wildman–Crippen LogP) is 3.64. The molecular weight excluding hydrogens is 294 g/mol. The van der Waals surface area contributed by atoms with Gasteiger partial charge in [-0.05, 0) is 36.8 Å². The summed E-state index contributed by atoms with van der Waals surface area (Å²) in [5.41, 5.74) is 2.43. The third kappa shape index (κ3) is 4.64. The maximum atomic E-state index is 12.4. The summed E-state index contributed by atoms with van der Waals surface area (Å²) >= 11 is 0. The molecular formula is C18H19NO4. The summed E-state index contributed by atoms with van der Waals surface area (Å²) < 4.78 is 5.06. The minimum atomic E-state index is -0.430. The lowest BCUT2D eigenvalue weighted by atomic mass is 9.91. The van der Waals surface area contributed by atoms with Gasteiger partial charge in [0.05, 0.1) is 13.0 Å². The van der Waals surface area contributed by atoms with Gasteiger partial charge in [0.15, 0.2) is 5.78 Å². The highest BCUT2D eigenvalue weighted by Gasteiger charge is 2.22. The smallest absolute Gasteiger partial charge is 0.211 e. The fourth-order valence-electron chi connectivity index (χ4n) is 2.42. The monoisotopic (exact) mass is 313 g/mol. The predicted molar refractivity (Wildman–Crippen MR) is 87.7 cm³/mol. The maximum absolute atomic E-state index is 12.4. The SMILES string of the molecule is COc1ccc(C(=O)CC(C[N+](=O)[O-])c2ccc(C)cc2)cc1. The van der Waals surface area contributed by atoms with Crippen molar-refractivity contribution in [2.24, 2.45) is 0 Å². The Kier molecular flexibility index (Phi) is 5.46. The zero-order valence-electron chi connectivity index (χ0n) is 13.2. The molecule has 0 fully saturated rings.